The molecule has 0 saturated heterocycles. The minimum Gasteiger partial charge on any atom is -0.497 e. The molecule has 0 spiro atoms. The molecule has 0 aliphatic heterocycles. The van der Waals surface area contributed by atoms with Crippen LogP contribution < -0.4 is 14.8 Å². The van der Waals surface area contributed by atoms with Crippen LogP contribution >= 0.6 is 0 Å². The van der Waals surface area contributed by atoms with Crippen LogP contribution in [0.1, 0.15) is 12.5 Å². The molecule has 0 aromatic heterocycles. The molecule has 0 unspecified atom stereocenters. The second-order valence-corrected chi connectivity index (χ2v) is 7.24. The van der Waals surface area contributed by atoms with Gasteiger partial charge in [-0.1, -0.05) is 12.1 Å². The molecule has 2 aromatic carbocycles. The van der Waals surface area contributed by atoms with Gasteiger partial charge in [-0.25, -0.2) is 8.42 Å². The lowest BCUT2D eigenvalue weighted by Crippen LogP contribution is -2.42. The van der Waals surface area contributed by atoms with Crippen molar-refractivity contribution in [1.82, 2.24) is 4.72 Å². The number of rotatable bonds is 6. The van der Waals surface area contributed by atoms with Gasteiger partial charge in [-0.2, -0.15) is 17.9 Å². The largest absolute Gasteiger partial charge is 0.497 e. The van der Waals surface area contributed by atoms with E-state index in [1.807, 2.05) is 4.72 Å². The summed E-state index contributed by atoms with van der Waals surface area (Å²) in [5.74, 6) is -0.168. The molecule has 0 radical (unpaired) electrons. The molecule has 10 heteroatoms. The average Bonchev–Trinajstić information content (AvgIpc) is 2.61. The Bertz CT molecular complexity index is 913. The highest BCUT2D eigenvalue weighted by Crippen LogP contribution is 2.33. The molecule has 2 aromatic rings. The first kappa shape index (κ1) is 20.7. The van der Waals surface area contributed by atoms with Gasteiger partial charge >= 0.3 is 6.18 Å². The maximum absolute atomic E-state index is 13.0. The number of carbonyl (C=O) groups excluding carboxylic acids is 1. The molecule has 0 heterocycles. The number of halogens is 3. The smallest absolute Gasteiger partial charge is 0.417 e. The van der Waals surface area contributed by atoms with Gasteiger partial charge in [0, 0.05) is 5.69 Å². The summed E-state index contributed by atoms with van der Waals surface area (Å²) in [6.45, 7) is 1.23. The van der Waals surface area contributed by atoms with Crippen LogP contribution in [-0.2, 0) is 21.0 Å². The Morgan fingerprint density at radius 1 is 1.07 bits per heavy atom. The lowest BCUT2D eigenvalue weighted by Gasteiger charge is -2.17. The van der Waals surface area contributed by atoms with E-state index in [-0.39, 0.29) is 0 Å². The summed E-state index contributed by atoms with van der Waals surface area (Å²) in [4.78, 5) is 11.2. The third-order valence-electron chi connectivity index (χ3n) is 3.56. The fourth-order valence-electron chi connectivity index (χ4n) is 2.21. The molecule has 2 rings (SSSR count). The van der Waals surface area contributed by atoms with E-state index in [9.17, 15) is 26.4 Å². The quantitative estimate of drug-likeness (QED) is 0.778. The van der Waals surface area contributed by atoms with Crippen molar-refractivity contribution in [2.45, 2.75) is 24.0 Å². The minimum absolute atomic E-state index is 0.377. The van der Waals surface area contributed by atoms with E-state index in [1.165, 1.54) is 32.2 Å². The number of sulfonamides is 1. The molecule has 0 bridgehead atoms. The summed E-state index contributed by atoms with van der Waals surface area (Å²) < 4.78 is 70.8. The second kappa shape index (κ2) is 7.97. The molecule has 2 N–H and O–H groups in total. The van der Waals surface area contributed by atoms with E-state index in [0.29, 0.717) is 17.5 Å². The number of amides is 1. The Labute approximate surface area is 154 Å². The predicted molar refractivity (Wildman–Crippen MR) is 92.9 cm³/mol. The predicted octanol–water partition coefficient (Wildman–Crippen LogP) is 3.02. The van der Waals surface area contributed by atoms with Crippen molar-refractivity contribution in [3.8, 4) is 5.75 Å². The van der Waals surface area contributed by atoms with Crippen LogP contribution in [0.4, 0.5) is 18.9 Å². The molecule has 0 aliphatic carbocycles. The number of alkyl halides is 3. The van der Waals surface area contributed by atoms with Crippen LogP contribution in [0.25, 0.3) is 0 Å². The van der Waals surface area contributed by atoms with Gasteiger partial charge in [0.15, 0.2) is 0 Å². The number of methoxy groups -OCH3 is 1. The molecular weight excluding hydrogens is 385 g/mol. The number of anilines is 1. The monoisotopic (exact) mass is 402 g/mol. The van der Waals surface area contributed by atoms with E-state index >= 15 is 0 Å². The molecule has 146 valence electrons. The molecule has 0 fully saturated rings. The van der Waals surface area contributed by atoms with Crippen molar-refractivity contribution < 1.29 is 31.1 Å². The third-order valence-corrected chi connectivity index (χ3v) is 5.16. The Hall–Kier alpha value is -2.59. The van der Waals surface area contributed by atoms with Gasteiger partial charge in [-0.3, -0.25) is 4.79 Å². The number of hydrogen-bond acceptors (Lipinski definition) is 4. The van der Waals surface area contributed by atoms with Crippen LogP contribution in [0.3, 0.4) is 0 Å². The van der Waals surface area contributed by atoms with Crippen molar-refractivity contribution in [3.63, 3.8) is 0 Å². The molecule has 1 amide bonds. The first-order valence-corrected chi connectivity index (χ1v) is 9.16. The van der Waals surface area contributed by atoms with E-state index < -0.39 is 38.6 Å². The maximum Gasteiger partial charge on any atom is 0.417 e. The summed E-state index contributed by atoms with van der Waals surface area (Å²) in [6, 6.07) is 8.70. The second-order valence-electron chi connectivity index (χ2n) is 5.55. The van der Waals surface area contributed by atoms with Crippen LogP contribution in [0, 0.1) is 0 Å². The lowest BCUT2D eigenvalue weighted by atomic mass is 10.2. The third kappa shape index (κ3) is 5.20. The van der Waals surface area contributed by atoms with Crippen molar-refractivity contribution in [2.24, 2.45) is 0 Å². The molecule has 1 atom stereocenters. The van der Waals surface area contributed by atoms with E-state index in [4.69, 9.17) is 4.74 Å². The van der Waals surface area contributed by atoms with Crippen molar-refractivity contribution in [1.29, 1.82) is 0 Å². The van der Waals surface area contributed by atoms with Gasteiger partial charge in [0.05, 0.1) is 23.6 Å². The number of ether oxygens (including phenoxy) is 1. The van der Waals surface area contributed by atoms with Gasteiger partial charge < -0.3 is 10.1 Å². The summed E-state index contributed by atoms with van der Waals surface area (Å²) in [5.41, 5.74) is -0.928. The van der Waals surface area contributed by atoms with Gasteiger partial charge in [-0.05, 0) is 43.3 Å². The Kier molecular flexibility index (Phi) is 6.11. The zero-order valence-electron chi connectivity index (χ0n) is 14.4. The van der Waals surface area contributed by atoms with Crippen LogP contribution in [0.5, 0.6) is 5.75 Å². The topological polar surface area (TPSA) is 84.5 Å². The van der Waals surface area contributed by atoms with Crippen molar-refractivity contribution in [2.75, 3.05) is 12.4 Å². The number of hydrogen-bond donors (Lipinski definition) is 2. The normalized spacial score (nSPS) is 13.1. The average molecular weight is 402 g/mol. The highest BCUT2D eigenvalue weighted by atomic mass is 32.2. The molecule has 6 nitrogen and oxygen atoms in total. The first-order chi connectivity index (χ1) is 12.5. The maximum atomic E-state index is 13.0. The molecule has 0 saturated carbocycles. The van der Waals surface area contributed by atoms with Gasteiger partial charge in [-0.15, -0.1) is 0 Å². The van der Waals surface area contributed by atoms with Gasteiger partial charge in [0.25, 0.3) is 0 Å². The Morgan fingerprint density at radius 2 is 1.67 bits per heavy atom. The van der Waals surface area contributed by atoms with Gasteiger partial charge in [0.2, 0.25) is 15.9 Å². The first-order valence-electron chi connectivity index (χ1n) is 7.68. The minimum atomic E-state index is -4.85. The zero-order chi connectivity index (χ0) is 20.2. The number of nitrogens with one attached hydrogen (secondary N) is 2. The molecule has 27 heavy (non-hydrogen) atoms. The summed E-state index contributed by atoms with van der Waals surface area (Å²) in [7, 11) is -3.10. The highest BCUT2D eigenvalue weighted by Gasteiger charge is 2.37. The van der Waals surface area contributed by atoms with Crippen molar-refractivity contribution >= 4 is 21.6 Å². The van der Waals surface area contributed by atoms with E-state index in [2.05, 4.69) is 5.32 Å². The van der Waals surface area contributed by atoms with Crippen molar-refractivity contribution in [3.05, 3.63) is 54.1 Å². The number of carbonyl (C=O) groups is 1. The molecular formula is C17H17F3N2O4S. The Balaban J connectivity index is 2.16. The summed E-state index contributed by atoms with van der Waals surface area (Å²) in [6.07, 6.45) is -4.85. The fourth-order valence-corrected chi connectivity index (χ4v) is 3.64. The van der Waals surface area contributed by atoms with Crippen LogP contribution in [0.2, 0.25) is 0 Å². The number of benzene rings is 2. The van der Waals surface area contributed by atoms with Crippen LogP contribution in [0.15, 0.2) is 53.4 Å². The Morgan fingerprint density at radius 3 is 2.22 bits per heavy atom. The van der Waals surface area contributed by atoms with Gasteiger partial charge in [0.1, 0.15) is 5.75 Å². The SMILES string of the molecule is COc1ccc(NC(=O)[C@H](C)NS(=O)(=O)c2ccccc2C(F)(F)F)cc1. The standard InChI is InChI=1S/C17H17F3N2O4S/c1-11(16(23)21-12-7-9-13(26-2)10-8-12)22-27(24,25)15-6-4-3-5-14(15)17(18,19)20/h3-11,22H,1-2H3,(H,21,23)/t11-/m0/s1. The zero-order valence-corrected chi connectivity index (χ0v) is 15.2. The van der Waals surface area contributed by atoms with Crippen LogP contribution in [-0.4, -0.2) is 27.5 Å². The summed E-state index contributed by atoms with van der Waals surface area (Å²) >= 11 is 0. The lowest BCUT2D eigenvalue weighted by molar-refractivity contribution is -0.139. The fraction of sp³-hybridized carbons (Fsp3) is 0.235. The van der Waals surface area contributed by atoms with E-state index in [1.54, 1.807) is 12.1 Å². The van der Waals surface area contributed by atoms with E-state index in [0.717, 1.165) is 12.1 Å². The highest BCUT2D eigenvalue weighted by molar-refractivity contribution is 7.89. The summed E-state index contributed by atoms with van der Waals surface area (Å²) in [5, 5.41) is 2.47. The molecule has 0 aliphatic rings.